The summed E-state index contributed by atoms with van der Waals surface area (Å²) in [6.07, 6.45) is 2.10. The van der Waals surface area contributed by atoms with E-state index in [0.29, 0.717) is 17.7 Å². The molecule has 0 aliphatic carbocycles. The Morgan fingerprint density at radius 3 is 1.97 bits per heavy atom. The third kappa shape index (κ3) is 12.3. The Labute approximate surface area is 226 Å². The number of nitrogens with two attached hydrogens (primary N) is 2. The lowest BCUT2D eigenvalue weighted by molar-refractivity contribution is -0.142. The van der Waals surface area contributed by atoms with Crippen LogP contribution in [0.15, 0.2) is 24.3 Å². The molecular formula is C25H39N5O7S. The van der Waals surface area contributed by atoms with E-state index < -0.39 is 53.8 Å². The first-order valence-electron chi connectivity index (χ1n) is 12.3. The molecule has 0 aromatic heterocycles. The van der Waals surface area contributed by atoms with Gasteiger partial charge >= 0.3 is 5.97 Å². The molecule has 0 aliphatic heterocycles. The predicted octanol–water partition coefficient (Wildman–Crippen LogP) is -0.134. The fourth-order valence-electron chi connectivity index (χ4n) is 3.53. The zero-order valence-corrected chi connectivity index (χ0v) is 22.8. The molecule has 38 heavy (non-hydrogen) atoms. The van der Waals surface area contributed by atoms with Crippen LogP contribution in [0.4, 0.5) is 0 Å². The number of primary amides is 1. The van der Waals surface area contributed by atoms with E-state index in [1.54, 1.807) is 12.1 Å². The van der Waals surface area contributed by atoms with Gasteiger partial charge in [0.15, 0.2) is 0 Å². The average molecular weight is 554 g/mol. The summed E-state index contributed by atoms with van der Waals surface area (Å²) >= 11 is 1.51. The lowest BCUT2D eigenvalue weighted by atomic mass is 10.0. The molecule has 4 atom stereocenters. The molecule has 0 bridgehead atoms. The number of aliphatic carboxylic acids is 1. The van der Waals surface area contributed by atoms with Crippen molar-refractivity contribution in [2.45, 2.75) is 70.1 Å². The molecule has 1 aromatic carbocycles. The number of hydrogen-bond acceptors (Lipinski definition) is 8. The number of amides is 4. The van der Waals surface area contributed by atoms with Crippen molar-refractivity contribution in [3.63, 3.8) is 0 Å². The van der Waals surface area contributed by atoms with Crippen LogP contribution in [0, 0.1) is 5.92 Å². The van der Waals surface area contributed by atoms with E-state index in [-0.39, 0.29) is 37.4 Å². The van der Waals surface area contributed by atoms with Gasteiger partial charge in [-0.3, -0.25) is 19.2 Å². The van der Waals surface area contributed by atoms with Crippen LogP contribution in [0.1, 0.15) is 45.1 Å². The molecule has 1 rings (SSSR count). The Hall–Kier alpha value is -3.32. The van der Waals surface area contributed by atoms with Crippen molar-refractivity contribution >= 4 is 41.4 Å². The summed E-state index contributed by atoms with van der Waals surface area (Å²) in [5.74, 6) is -3.34. The van der Waals surface area contributed by atoms with E-state index in [4.69, 9.17) is 11.5 Å². The zero-order chi connectivity index (χ0) is 28.8. The molecule has 0 saturated carbocycles. The maximum atomic E-state index is 13.1. The molecule has 4 unspecified atom stereocenters. The van der Waals surface area contributed by atoms with E-state index in [0.717, 1.165) is 0 Å². The van der Waals surface area contributed by atoms with E-state index in [1.165, 1.54) is 23.9 Å². The van der Waals surface area contributed by atoms with Crippen LogP contribution in [-0.2, 0) is 30.4 Å². The molecule has 0 saturated heterocycles. The molecule has 0 spiro atoms. The topological polar surface area (TPSA) is 214 Å². The Morgan fingerprint density at radius 2 is 1.45 bits per heavy atom. The van der Waals surface area contributed by atoms with Gasteiger partial charge in [-0.25, -0.2) is 4.79 Å². The van der Waals surface area contributed by atoms with Gasteiger partial charge in [0.1, 0.15) is 23.9 Å². The van der Waals surface area contributed by atoms with Crippen LogP contribution in [-0.4, -0.2) is 76.0 Å². The van der Waals surface area contributed by atoms with Gasteiger partial charge in [-0.2, -0.15) is 11.8 Å². The van der Waals surface area contributed by atoms with Crippen LogP contribution < -0.4 is 27.4 Å². The van der Waals surface area contributed by atoms with Crippen molar-refractivity contribution < 1.29 is 34.2 Å². The number of nitrogens with one attached hydrogen (secondary N) is 3. The summed E-state index contributed by atoms with van der Waals surface area (Å²) in [5.41, 5.74) is 11.7. The maximum Gasteiger partial charge on any atom is 0.326 e. The van der Waals surface area contributed by atoms with E-state index in [9.17, 15) is 34.2 Å². The molecule has 0 radical (unpaired) electrons. The van der Waals surface area contributed by atoms with Crippen molar-refractivity contribution in [3.8, 4) is 5.75 Å². The molecular weight excluding hydrogens is 514 g/mol. The first-order valence-corrected chi connectivity index (χ1v) is 13.7. The van der Waals surface area contributed by atoms with E-state index in [1.807, 2.05) is 20.1 Å². The summed E-state index contributed by atoms with van der Waals surface area (Å²) in [7, 11) is 0. The molecule has 12 nitrogen and oxygen atoms in total. The number of rotatable bonds is 17. The van der Waals surface area contributed by atoms with Gasteiger partial charge in [0.2, 0.25) is 23.6 Å². The van der Waals surface area contributed by atoms with Crippen molar-refractivity contribution in [2.24, 2.45) is 17.4 Å². The minimum atomic E-state index is -1.29. The summed E-state index contributed by atoms with van der Waals surface area (Å²) in [5, 5.41) is 26.7. The molecule has 9 N–H and O–H groups in total. The maximum absolute atomic E-state index is 13.1. The van der Waals surface area contributed by atoms with E-state index in [2.05, 4.69) is 16.0 Å². The van der Waals surface area contributed by atoms with Crippen LogP contribution >= 0.6 is 11.8 Å². The lowest BCUT2D eigenvalue weighted by Crippen LogP contribution is -2.57. The molecule has 1 aromatic rings. The van der Waals surface area contributed by atoms with Gasteiger partial charge in [-0.15, -0.1) is 0 Å². The van der Waals surface area contributed by atoms with Gasteiger partial charge in [0.25, 0.3) is 0 Å². The highest BCUT2D eigenvalue weighted by Gasteiger charge is 2.31. The summed E-state index contributed by atoms with van der Waals surface area (Å²) in [6, 6.07) is 1.46. The van der Waals surface area contributed by atoms with Gasteiger partial charge in [0, 0.05) is 12.8 Å². The molecule has 13 heteroatoms. The number of aromatic hydroxyl groups is 1. The number of phenols is 1. The van der Waals surface area contributed by atoms with Crippen LogP contribution in [0.2, 0.25) is 0 Å². The highest BCUT2D eigenvalue weighted by Crippen LogP contribution is 2.13. The Bertz CT molecular complexity index is 958. The first-order chi connectivity index (χ1) is 17.8. The summed E-state index contributed by atoms with van der Waals surface area (Å²) in [4.78, 5) is 61.9. The fourth-order valence-corrected chi connectivity index (χ4v) is 4.02. The van der Waals surface area contributed by atoms with Crippen molar-refractivity contribution in [3.05, 3.63) is 29.8 Å². The zero-order valence-electron chi connectivity index (χ0n) is 21.9. The normalized spacial score (nSPS) is 14.1. The van der Waals surface area contributed by atoms with Crippen molar-refractivity contribution in [1.82, 2.24) is 16.0 Å². The molecule has 212 valence electrons. The number of phenolic OH excluding ortho intramolecular Hbond substituents is 1. The van der Waals surface area contributed by atoms with Crippen LogP contribution in [0.25, 0.3) is 0 Å². The summed E-state index contributed by atoms with van der Waals surface area (Å²) < 4.78 is 0. The second kappa shape index (κ2) is 16.5. The minimum absolute atomic E-state index is 0.0209. The van der Waals surface area contributed by atoms with Crippen molar-refractivity contribution in [2.75, 3.05) is 12.0 Å². The van der Waals surface area contributed by atoms with Gasteiger partial charge in [-0.1, -0.05) is 26.0 Å². The lowest BCUT2D eigenvalue weighted by Gasteiger charge is -2.26. The SMILES string of the molecule is CSCCC(N)C(=O)NC(CCC(N)=O)C(=O)NC(CC(C)C)C(=O)NC(Cc1ccc(O)cc1)C(=O)O. The number of thioether (sulfide) groups is 1. The summed E-state index contributed by atoms with van der Waals surface area (Å²) in [6.45, 7) is 3.66. The highest BCUT2D eigenvalue weighted by atomic mass is 32.2. The average Bonchev–Trinajstić information content (AvgIpc) is 2.84. The van der Waals surface area contributed by atoms with Crippen LogP contribution in [0.5, 0.6) is 5.75 Å². The number of carboxylic acid groups (broad SMARTS) is 1. The van der Waals surface area contributed by atoms with Gasteiger partial charge in [-0.05, 0) is 54.9 Å². The first kappa shape index (κ1) is 32.7. The molecule has 0 aliphatic rings. The Balaban J connectivity index is 3.02. The van der Waals surface area contributed by atoms with E-state index >= 15 is 0 Å². The largest absolute Gasteiger partial charge is 0.508 e. The molecule has 4 amide bonds. The Kier molecular flexibility index (Phi) is 14.2. The van der Waals surface area contributed by atoms with Gasteiger partial charge < -0.3 is 37.6 Å². The Morgan fingerprint density at radius 1 is 0.895 bits per heavy atom. The number of benzene rings is 1. The molecule has 0 heterocycles. The quantitative estimate of drug-likeness (QED) is 0.137. The monoisotopic (exact) mass is 553 g/mol. The number of carbonyl (C=O) groups excluding carboxylic acids is 4. The number of carbonyl (C=O) groups is 5. The highest BCUT2D eigenvalue weighted by molar-refractivity contribution is 7.98. The van der Waals surface area contributed by atoms with Gasteiger partial charge in [0.05, 0.1) is 6.04 Å². The second-order valence-corrected chi connectivity index (χ2v) is 10.4. The third-order valence-corrected chi connectivity index (χ3v) is 6.26. The predicted molar refractivity (Wildman–Crippen MR) is 144 cm³/mol. The minimum Gasteiger partial charge on any atom is -0.508 e. The molecule has 0 fully saturated rings. The van der Waals surface area contributed by atoms with Crippen LogP contribution in [0.3, 0.4) is 0 Å². The number of carboxylic acids is 1. The third-order valence-electron chi connectivity index (χ3n) is 5.61. The fraction of sp³-hybridized carbons (Fsp3) is 0.560. The number of hydrogen-bond donors (Lipinski definition) is 7. The smallest absolute Gasteiger partial charge is 0.326 e. The van der Waals surface area contributed by atoms with Crippen molar-refractivity contribution in [1.29, 1.82) is 0 Å². The standard InChI is InChI=1S/C25H39N5O7S/c1-14(2)12-19(24(35)30-20(25(36)37)13-15-4-6-16(31)7-5-15)29-23(34)18(8-9-21(27)32)28-22(33)17(26)10-11-38-3/h4-7,14,17-20,31H,8-13,26H2,1-3H3,(H2,27,32)(H,28,33)(H,29,34)(H,30,35)(H,36,37). The second-order valence-electron chi connectivity index (χ2n) is 9.41.